The summed E-state index contributed by atoms with van der Waals surface area (Å²) in [6.07, 6.45) is 7.53. The van der Waals surface area contributed by atoms with Gasteiger partial charge in [-0.1, -0.05) is 25.0 Å². The van der Waals surface area contributed by atoms with E-state index in [9.17, 15) is 14.4 Å². The number of aromatic amines is 1. The SMILES string of the molecule is O=C(CCn1c(=S)[nH]c2ccccc2c1=O)Nc1cnn(CC(=O)NC2CCCC2)c1. The summed E-state index contributed by atoms with van der Waals surface area (Å²) >= 11 is 5.27. The molecule has 10 heteroatoms. The van der Waals surface area contributed by atoms with E-state index in [0.717, 1.165) is 25.7 Å². The summed E-state index contributed by atoms with van der Waals surface area (Å²) in [7, 11) is 0. The molecule has 2 aromatic heterocycles. The Kier molecular flexibility index (Phi) is 6.26. The van der Waals surface area contributed by atoms with E-state index in [1.165, 1.54) is 15.4 Å². The number of hydrogen-bond acceptors (Lipinski definition) is 5. The zero-order valence-electron chi connectivity index (χ0n) is 17.0. The Morgan fingerprint density at radius 2 is 1.97 bits per heavy atom. The number of hydrogen-bond donors (Lipinski definition) is 3. The van der Waals surface area contributed by atoms with E-state index in [0.29, 0.717) is 16.6 Å². The molecule has 0 saturated heterocycles. The fourth-order valence-corrected chi connectivity index (χ4v) is 4.13. The van der Waals surface area contributed by atoms with E-state index in [4.69, 9.17) is 12.2 Å². The van der Waals surface area contributed by atoms with E-state index in [2.05, 4.69) is 20.7 Å². The van der Waals surface area contributed by atoms with Crippen molar-refractivity contribution in [1.29, 1.82) is 0 Å². The van der Waals surface area contributed by atoms with Gasteiger partial charge < -0.3 is 15.6 Å². The smallest absolute Gasteiger partial charge is 0.262 e. The highest BCUT2D eigenvalue weighted by Gasteiger charge is 2.17. The molecule has 1 aliphatic rings. The lowest BCUT2D eigenvalue weighted by Crippen LogP contribution is -2.35. The van der Waals surface area contributed by atoms with E-state index in [1.54, 1.807) is 24.4 Å². The van der Waals surface area contributed by atoms with Gasteiger partial charge in [-0.15, -0.1) is 0 Å². The minimum Gasteiger partial charge on any atom is -0.352 e. The van der Waals surface area contributed by atoms with Crippen molar-refractivity contribution in [3.05, 3.63) is 51.8 Å². The number of rotatable bonds is 7. The van der Waals surface area contributed by atoms with Crippen LogP contribution in [0.4, 0.5) is 5.69 Å². The first-order valence-electron chi connectivity index (χ1n) is 10.3. The molecule has 0 aliphatic heterocycles. The third-order valence-electron chi connectivity index (χ3n) is 5.39. The number of aromatic nitrogens is 4. The maximum absolute atomic E-state index is 12.6. The summed E-state index contributed by atoms with van der Waals surface area (Å²) in [6.45, 7) is 0.261. The van der Waals surface area contributed by atoms with Crippen molar-refractivity contribution in [2.45, 2.75) is 51.2 Å². The highest BCUT2D eigenvalue weighted by molar-refractivity contribution is 7.71. The molecular formula is C21H24N6O3S. The number of carbonyl (C=O) groups is 2. The summed E-state index contributed by atoms with van der Waals surface area (Å²) in [6, 6.07) is 7.37. The number of nitrogens with zero attached hydrogens (tertiary/aromatic N) is 3. The van der Waals surface area contributed by atoms with E-state index in [1.807, 2.05) is 6.07 Å². The van der Waals surface area contributed by atoms with Gasteiger partial charge in [0.1, 0.15) is 6.54 Å². The van der Waals surface area contributed by atoms with Crippen LogP contribution in [0.5, 0.6) is 0 Å². The van der Waals surface area contributed by atoms with Crippen molar-refractivity contribution in [1.82, 2.24) is 24.6 Å². The molecule has 1 fully saturated rings. The fraction of sp³-hybridized carbons (Fsp3) is 0.381. The van der Waals surface area contributed by atoms with E-state index < -0.39 is 0 Å². The first-order chi connectivity index (χ1) is 15.0. The average molecular weight is 441 g/mol. The van der Waals surface area contributed by atoms with Crippen LogP contribution in [0.15, 0.2) is 41.5 Å². The molecule has 2 amide bonds. The summed E-state index contributed by atoms with van der Waals surface area (Å²) in [4.78, 5) is 40.1. The van der Waals surface area contributed by atoms with Crippen LogP contribution < -0.4 is 16.2 Å². The van der Waals surface area contributed by atoms with Crippen molar-refractivity contribution in [3.63, 3.8) is 0 Å². The van der Waals surface area contributed by atoms with Gasteiger partial charge in [-0.3, -0.25) is 23.6 Å². The first-order valence-corrected chi connectivity index (χ1v) is 10.7. The van der Waals surface area contributed by atoms with Crippen molar-refractivity contribution in [3.8, 4) is 0 Å². The van der Waals surface area contributed by atoms with Crippen LogP contribution >= 0.6 is 12.2 Å². The zero-order chi connectivity index (χ0) is 21.8. The second-order valence-electron chi connectivity index (χ2n) is 7.71. The number of carbonyl (C=O) groups excluding carboxylic acids is 2. The first kappa shape index (κ1) is 21.0. The van der Waals surface area contributed by atoms with Gasteiger partial charge in [0.2, 0.25) is 11.8 Å². The molecule has 1 aliphatic carbocycles. The molecule has 0 unspecified atom stereocenters. The summed E-state index contributed by atoms with van der Waals surface area (Å²) < 4.78 is 3.15. The Morgan fingerprint density at radius 1 is 1.19 bits per heavy atom. The number of fused-ring (bicyclic) bond motifs is 1. The van der Waals surface area contributed by atoms with Crippen LogP contribution in [0.2, 0.25) is 0 Å². The van der Waals surface area contributed by atoms with Crippen LogP contribution in [0.3, 0.4) is 0 Å². The molecule has 0 bridgehead atoms. The highest BCUT2D eigenvalue weighted by atomic mass is 32.1. The van der Waals surface area contributed by atoms with Crippen molar-refractivity contribution in [2.24, 2.45) is 0 Å². The second kappa shape index (κ2) is 9.25. The monoisotopic (exact) mass is 440 g/mol. The maximum atomic E-state index is 12.6. The number of nitrogens with one attached hydrogen (secondary N) is 3. The normalized spacial score (nSPS) is 14.1. The molecule has 3 N–H and O–H groups in total. The molecule has 1 saturated carbocycles. The lowest BCUT2D eigenvalue weighted by atomic mass is 10.2. The number of amides is 2. The minimum atomic E-state index is -0.274. The Morgan fingerprint density at radius 3 is 2.77 bits per heavy atom. The molecule has 3 aromatic rings. The predicted octanol–water partition coefficient (Wildman–Crippen LogP) is 2.34. The topological polar surface area (TPSA) is 114 Å². The Bertz CT molecular complexity index is 1220. The molecule has 4 rings (SSSR count). The summed E-state index contributed by atoms with van der Waals surface area (Å²) in [5, 5.41) is 10.4. The third-order valence-corrected chi connectivity index (χ3v) is 5.72. The minimum absolute atomic E-state index is 0.0725. The van der Waals surface area contributed by atoms with Gasteiger partial charge in [-0.25, -0.2) is 0 Å². The van der Waals surface area contributed by atoms with Gasteiger partial charge >= 0.3 is 0 Å². The molecule has 0 spiro atoms. The molecule has 31 heavy (non-hydrogen) atoms. The summed E-state index contributed by atoms with van der Waals surface area (Å²) in [5.41, 5.74) is 0.936. The predicted molar refractivity (Wildman–Crippen MR) is 119 cm³/mol. The molecular weight excluding hydrogens is 416 g/mol. The molecule has 0 atom stereocenters. The van der Waals surface area contributed by atoms with Gasteiger partial charge in [-0.05, 0) is 37.2 Å². The van der Waals surface area contributed by atoms with Gasteiger partial charge in [-0.2, -0.15) is 5.10 Å². The van der Waals surface area contributed by atoms with Crippen LogP contribution in [-0.2, 0) is 22.7 Å². The summed E-state index contributed by atoms with van der Waals surface area (Å²) in [5.74, 6) is -0.359. The van der Waals surface area contributed by atoms with Gasteiger partial charge in [0, 0.05) is 25.2 Å². The molecule has 0 radical (unpaired) electrons. The van der Waals surface area contributed by atoms with E-state index in [-0.39, 0.29) is 47.7 Å². The van der Waals surface area contributed by atoms with Gasteiger partial charge in [0.15, 0.2) is 4.77 Å². The average Bonchev–Trinajstić information content (AvgIpc) is 3.40. The Balaban J connectivity index is 1.32. The number of benzene rings is 1. The van der Waals surface area contributed by atoms with Crippen molar-refractivity contribution >= 4 is 40.6 Å². The number of para-hydroxylation sites is 1. The molecule has 1 aromatic carbocycles. The standard InChI is InChI=1S/C21H24N6O3S/c28-18(9-10-27-20(30)16-7-3-4-8-17(16)25-21(27)31)24-15-11-22-26(12-15)13-19(29)23-14-5-1-2-6-14/h3-4,7-8,11-12,14H,1-2,5-6,9-10,13H2,(H,23,29)(H,24,28)(H,25,31). The van der Waals surface area contributed by atoms with E-state index >= 15 is 0 Å². The second-order valence-corrected chi connectivity index (χ2v) is 8.09. The zero-order valence-corrected chi connectivity index (χ0v) is 17.8. The molecule has 2 heterocycles. The third kappa shape index (κ3) is 5.08. The lowest BCUT2D eigenvalue weighted by Gasteiger charge is -2.11. The van der Waals surface area contributed by atoms with Crippen molar-refractivity contribution in [2.75, 3.05) is 5.32 Å². The Hall–Kier alpha value is -3.27. The van der Waals surface area contributed by atoms with Crippen molar-refractivity contribution < 1.29 is 9.59 Å². The molecule has 9 nitrogen and oxygen atoms in total. The highest BCUT2D eigenvalue weighted by Crippen LogP contribution is 2.17. The number of anilines is 1. The van der Waals surface area contributed by atoms with Crippen LogP contribution in [0.25, 0.3) is 10.9 Å². The maximum Gasteiger partial charge on any atom is 0.262 e. The number of H-pyrrole nitrogens is 1. The Labute approximate surface area is 183 Å². The fourth-order valence-electron chi connectivity index (χ4n) is 3.84. The quantitative estimate of drug-likeness (QED) is 0.488. The largest absolute Gasteiger partial charge is 0.352 e. The molecule has 162 valence electrons. The van der Waals surface area contributed by atoms with Crippen LogP contribution in [-0.4, -0.2) is 37.2 Å². The van der Waals surface area contributed by atoms with Crippen LogP contribution in [0.1, 0.15) is 32.1 Å². The van der Waals surface area contributed by atoms with Crippen LogP contribution in [0, 0.1) is 4.77 Å². The lowest BCUT2D eigenvalue weighted by molar-refractivity contribution is -0.122. The van der Waals surface area contributed by atoms with Gasteiger partial charge in [0.25, 0.3) is 5.56 Å². The van der Waals surface area contributed by atoms with Gasteiger partial charge in [0.05, 0.1) is 22.8 Å².